The number of ketones is 1. The van der Waals surface area contributed by atoms with E-state index in [2.05, 4.69) is 26.1 Å². The summed E-state index contributed by atoms with van der Waals surface area (Å²) in [5.41, 5.74) is 3.91. The van der Waals surface area contributed by atoms with Crippen LogP contribution in [-0.4, -0.2) is 18.5 Å². The molecular formula is C27H30N2O4. The van der Waals surface area contributed by atoms with Gasteiger partial charge in [0.25, 0.3) is 0 Å². The number of allylic oxidation sites excluding steroid dienone is 1. The van der Waals surface area contributed by atoms with Crippen molar-refractivity contribution in [3.8, 4) is 11.5 Å². The van der Waals surface area contributed by atoms with Gasteiger partial charge in [-0.05, 0) is 48.1 Å². The number of fused-ring (bicyclic) bond motifs is 2. The minimum Gasteiger partial charge on any atom is -0.454 e. The molecule has 0 bridgehead atoms. The number of anilines is 2. The Kier molecular flexibility index (Phi) is 5.39. The number of amides is 1. The van der Waals surface area contributed by atoms with E-state index in [1.807, 2.05) is 47.4 Å². The Balaban J connectivity index is 1.74. The second-order valence-corrected chi connectivity index (χ2v) is 9.86. The molecule has 3 aliphatic rings. The molecule has 1 atom stereocenters. The highest BCUT2D eigenvalue weighted by molar-refractivity contribution is 6.06. The summed E-state index contributed by atoms with van der Waals surface area (Å²) in [6.45, 7) is 6.49. The Bertz CT molecular complexity index is 1150. The molecule has 0 spiro atoms. The fraction of sp³-hybridized carbons (Fsp3) is 0.407. The third-order valence-electron chi connectivity index (χ3n) is 6.63. The zero-order valence-corrected chi connectivity index (χ0v) is 19.4. The van der Waals surface area contributed by atoms with Crippen molar-refractivity contribution in [1.29, 1.82) is 0 Å². The van der Waals surface area contributed by atoms with E-state index in [0.717, 1.165) is 41.9 Å². The van der Waals surface area contributed by atoms with Crippen molar-refractivity contribution in [1.82, 2.24) is 0 Å². The smallest absolute Gasteiger partial charge is 0.231 e. The molecule has 2 aliphatic heterocycles. The number of benzene rings is 2. The van der Waals surface area contributed by atoms with Gasteiger partial charge < -0.3 is 14.8 Å². The largest absolute Gasteiger partial charge is 0.454 e. The van der Waals surface area contributed by atoms with E-state index in [0.29, 0.717) is 29.9 Å². The third-order valence-corrected chi connectivity index (χ3v) is 6.63. The third kappa shape index (κ3) is 3.88. The highest BCUT2D eigenvalue weighted by Crippen LogP contribution is 2.49. The van der Waals surface area contributed by atoms with Gasteiger partial charge in [0.1, 0.15) is 0 Å². The van der Waals surface area contributed by atoms with Gasteiger partial charge in [0, 0.05) is 24.1 Å². The van der Waals surface area contributed by atoms with Crippen molar-refractivity contribution < 1.29 is 19.1 Å². The molecule has 1 aliphatic carbocycles. The van der Waals surface area contributed by atoms with Crippen LogP contribution in [0.4, 0.5) is 11.4 Å². The summed E-state index contributed by atoms with van der Waals surface area (Å²) in [5, 5.41) is 3.55. The molecule has 5 rings (SSSR count). The molecule has 33 heavy (non-hydrogen) atoms. The van der Waals surface area contributed by atoms with Crippen molar-refractivity contribution in [2.75, 3.05) is 17.0 Å². The minimum atomic E-state index is -0.529. The first kappa shape index (κ1) is 21.6. The zero-order valence-electron chi connectivity index (χ0n) is 19.4. The number of hydrogen-bond acceptors (Lipinski definition) is 5. The van der Waals surface area contributed by atoms with E-state index in [1.165, 1.54) is 0 Å². The monoisotopic (exact) mass is 446 g/mol. The van der Waals surface area contributed by atoms with E-state index in [9.17, 15) is 9.59 Å². The van der Waals surface area contributed by atoms with Crippen LogP contribution in [0, 0.1) is 5.41 Å². The minimum absolute atomic E-state index is 0.0140. The number of Topliss-reactive ketones (excluding diaryl/α,β-unsaturated/α-hetero) is 1. The van der Waals surface area contributed by atoms with E-state index in [-0.39, 0.29) is 23.9 Å². The molecule has 0 saturated heterocycles. The first-order chi connectivity index (χ1) is 15.9. The number of rotatable bonds is 4. The molecule has 0 fully saturated rings. The molecule has 6 heteroatoms. The first-order valence-electron chi connectivity index (χ1n) is 11.7. The van der Waals surface area contributed by atoms with Gasteiger partial charge in [-0.15, -0.1) is 0 Å². The lowest BCUT2D eigenvalue weighted by Gasteiger charge is -2.37. The Morgan fingerprint density at radius 1 is 1.12 bits per heavy atom. The fourth-order valence-electron chi connectivity index (χ4n) is 5.11. The number of nitrogens with zero attached hydrogens (tertiary/aromatic N) is 1. The second-order valence-electron chi connectivity index (χ2n) is 9.86. The van der Waals surface area contributed by atoms with Crippen molar-refractivity contribution in [2.24, 2.45) is 5.41 Å². The molecule has 1 amide bonds. The summed E-state index contributed by atoms with van der Waals surface area (Å²) in [7, 11) is 0. The summed E-state index contributed by atoms with van der Waals surface area (Å²) in [6, 6.07) is 13.0. The molecule has 6 nitrogen and oxygen atoms in total. The van der Waals surface area contributed by atoms with Gasteiger partial charge in [-0.25, -0.2) is 0 Å². The Hall–Kier alpha value is -3.28. The Morgan fingerprint density at radius 3 is 2.73 bits per heavy atom. The zero-order chi connectivity index (χ0) is 23.2. The van der Waals surface area contributed by atoms with E-state index in [4.69, 9.17) is 9.47 Å². The van der Waals surface area contributed by atoms with Crippen molar-refractivity contribution in [3.63, 3.8) is 0 Å². The molecule has 0 aromatic heterocycles. The first-order valence-corrected chi connectivity index (χ1v) is 11.7. The average molecular weight is 447 g/mol. The van der Waals surface area contributed by atoms with Gasteiger partial charge in [0.05, 0.1) is 17.4 Å². The molecule has 0 saturated carbocycles. The van der Waals surface area contributed by atoms with Crippen molar-refractivity contribution in [3.05, 3.63) is 59.3 Å². The predicted octanol–water partition coefficient (Wildman–Crippen LogP) is 5.75. The highest BCUT2D eigenvalue weighted by Gasteiger charge is 2.43. The van der Waals surface area contributed by atoms with Crippen LogP contribution in [-0.2, 0) is 9.59 Å². The second kappa shape index (κ2) is 8.25. The van der Waals surface area contributed by atoms with Gasteiger partial charge >= 0.3 is 0 Å². The van der Waals surface area contributed by atoms with Gasteiger partial charge in [0.2, 0.25) is 12.7 Å². The van der Waals surface area contributed by atoms with Crippen LogP contribution in [0.2, 0.25) is 0 Å². The maximum Gasteiger partial charge on any atom is 0.231 e. The van der Waals surface area contributed by atoms with Gasteiger partial charge in [0.15, 0.2) is 17.3 Å². The van der Waals surface area contributed by atoms with Gasteiger partial charge in [-0.1, -0.05) is 45.4 Å². The molecule has 0 radical (unpaired) electrons. The van der Waals surface area contributed by atoms with Crippen LogP contribution < -0.4 is 19.7 Å². The summed E-state index contributed by atoms with van der Waals surface area (Å²) >= 11 is 0. The topological polar surface area (TPSA) is 67.9 Å². The van der Waals surface area contributed by atoms with Crippen LogP contribution in [0.25, 0.3) is 0 Å². The number of unbranched alkanes of at least 4 members (excludes halogenated alkanes) is 1. The summed E-state index contributed by atoms with van der Waals surface area (Å²) in [4.78, 5) is 29.2. The molecule has 2 aromatic carbocycles. The number of hydrogen-bond donors (Lipinski definition) is 1. The molecule has 2 heterocycles. The predicted molar refractivity (Wildman–Crippen MR) is 127 cm³/mol. The maximum atomic E-state index is 13.7. The lowest BCUT2D eigenvalue weighted by atomic mass is 9.73. The van der Waals surface area contributed by atoms with Crippen molar-refractivity contribution >= 4 is 23.1 Å². The normalized spacial score (nSPS) is 20.6. The molecule has 1 N–H and O–H groups in total. The Morgan fingerprint density at radius 2 is 1.91 bits per heavy atom. The Labute approximate surface area is 194 Å². The van der Waals surface area contributed by atoms with Crippen LogP contribution >= 0.6 is 0 Å². The maximum absolute atomic E-state index is 13.7. The van der Waals surface area contributed by atoms with Crippen LogP contribution in [0.15, 0.2) is 53.7 Å². The van der Waals surface area contributed by atoms with Crippen LogP contribution in [0.1, 0.15) is 64.5 Å². The van der Waals surface area contributed by atoms with E-state index < -0.39 is 6.04 Å². The summed E-state index contributed by atoms with van der Waals surface area (Å²) in [6.07, 6.45) is 3.33. The van der Waals surface area contributed by atoms with Gasteiger partial charge in [-0.3, -0.25) is 14.5 Å². The van der Waals surface area contributed by atoms with Crippen molar-refractivity contribution in [2.45, 2.75) is 58.9 Å². The quantitative estimate of drug-likeness (QED) is 0.648. The number of nitrogens with one attached hydrogen (secondary N) is 1. The molecule has 172 valence electrons. The SMILES string of the molecule is CCCCC(=O)N1c2ccccc2NC2=C(C(=O)CC(C)(C)C2)[C@H]1c1ccc2c(c1)OCO2. The number of ether oxygens (including phenoxy) is 2. The van der Waals surface area contributed by atoms with Gasteiger partial charge in [-0.2, -0.15) is 0 Å². The van der Waals surface area contributed by atoms with E-state index >= 15 is 0 Å². The number of carbonyl (C=O) groups excluding carboxylic acids is 2. The van der Waals surface area contributed by atoms with Crippen LogP contribution in [0.5, 0.6) is 11.5 Å². The molecule has 2 aromatic rings. The molecular weight excluding hydrogens is 416 g/mol. The lowest BCUT2D eigenvalue weighted by Crippen LogP contribution is -2.39. The standard InChI is InChI=1S/C27H30N2O4/c1-4-5-10-24(31)29-20-9-7-6-8-18(20)28-19-14-27(2,3)15-21(30)25(19)26(29)17-11-12-22-23(13-17)33-16-32-22/h6-9,11-13,26,28H,4-5,10,14-16H2,1-3H3/t26-/m1/s1. The lowest BCUT2D eigenvalue weighted by molar-refractivity contribution is -0.119. The highest BCUT2D eigenvalue weighted by atomic mass is 16.7. The van der Waals surface area contributed by atoms with Crippen LogP contribution in [0.3, 0.4) is 0 Å². The summed E-state index contributed by atoms with van der Waals surface area (Å²) in [5.74, 6) is 1.42. The summed E-state index contributed by atoms with van der Waals surface area (Å²) < 4.78 is 11.2. The number of carbonyl (C=O) groups is 2. The molecule has 0 unspecified atom stereocenters. The van der Waals surface area contributed by atoms with E-state index in [1.54, 1.807) is 0 Å². The average Bonchev–Trinajstić information content (AvgIpc) is 3.18. The number of para-hydroxylation sites is 2. The fourth-order valence-corrected chi connectivity index (χ4v) is 5.11.